The molecule has 0 aromatic heterocycles. The van der Waals surface area contributed by atoms with Crippen molar-refractivity contribution in [3.05, 3.63) is 17.7 Å². The molecule has 1 rings (SSSR count). The number of esters is 2. The minimum atomic E-state index is -0.626. The summed E-state index contributed by atoms with van der Waals surface area (Å²) < 4.78 is 20.0. The topological polar surface area (TPSA) is 134 Å². The van der Waals surface area contributed by atoms with E-state index in [1.54, 1.807) is 13.8 Å². The average Bonchev–Trinajstić information content (AvgIpc) is 2.58. The maximum absolute atomic E-state index is 11.7. The number of carbonyl (C=O) groups excluding carboxylic acids is 3. The molecule has 0 amide bonds. The minimum absolute atomic E-state index is 0.0213. The van der Waals surface area contributed by atoms with E-state index in [-0.39, 0.29) is 36.8 Å². The first-order chi connectivity index (χ1) is 11.9. The molecular weight excluding hydrogens is 334 g/mol. The summed E-state index contributed by atoms with van der Waals surface area (Å²) in [7, 11) is 0. The van der Waals surface area contributed by atoms with Crippen molar-refractivity contribution in [2.75, 3.05) is 33.0 Å². The second kappa shape index (κ2) is 10.1. The van der Waals surface area contributed by atoms with Gasteiger partial charge in [0.15, 0.2) is 30.5 Å². The zero-order valence-corrected chi connectivity index (χ0v) is 14.1. The number of rotatable bonds is 10. The Bertz CT molecular complexity index is 629. The van der Waals surface area contributed by atoms with Gasteiger partial charge in [-0.15, -0.1) is 0 Å². The van der Waals surface area contributed by atoms with Crippen LogP contribution in [0, 0.1) is 0 Å². The Morgan fingerprint density at radius 3 is 1.88 bits per heavy atom. The van der Waals surface area contributed by atoms with Gasteiger partial charge in [-0.2, -0.15) is 0 Å². The van der Waals surface area contributed by atoms with Gasteiger partial charge >= 0.3 is 11.9 Å². The summed E-state index contributed by atoms with van der Waals surface area (Å²) in [5.74, 6) is -2.23. The number of carbonyl (C=O) groups is 3. The summed E-state index contributed by atoms with van der Waals surface area (Å²) in [4.78, 5) is 34.6. The SMILES string of the molecule is CCOC(=O)COc1cc(O)c(C(=O)CN)cc1OCC(=O)OCC. The molecule has 0 saturated heterocycles. The van der Waals surface area contributed by atoms with E-state index in [2.05, 4.69) is 0 Å². The second-order valence-corrected chi connectivity index (χ2v) is 4.63. The fraction of sp³-hybridized carbons (Fsp3) is 0.438. The number of hydrogen-bond acceptors (Lipinski definition) is 9. The maximum atomic E-state index is 11.7. The number of ether oxygens (including phenoxy) is 4. The average molecular weight is 355 g/mol. The fourth-order valence-electron chi connectivity index (χ4n) is 1.79. The van der Waals surface area contributed by atoms with E-state index in [9.17, 15) is 19.5 Å². The first-order valence-electron chi connectivity index (χ1n) is 7.59. The Hall–Kier alpha value is -2.81. The zero-order valence-electron chi connectivity index (χ0n) is 14.1. The van der Waals surface area contributed by atoms with Crippen LogP contribution in [-0.4, -0.2) is 55.8 Å². The van der Waals surface area contributed by atoms with Crippen LogP contribution in [0.25, 0.3) is 0 Å². The number of ketones is 1. The number of phenolic OH excluding ortho intramolecular Hbond substituents is 1. The molecule has 25 heavy (non-hydrogen) atoms. The standard InChI is InChI=1S/C16H21NO8/c1-3-22-15(20)8-24-13-5-10(12(19)7-17)11(18)6-14(13)25-9-16(21)23-4-2/h5-6,18H,3-4,7-9,17H2,1-2H3. The summed E-state index contributed by atoms with van der Waals surface area (Å²) in [5, 5.41) is 9.93. The van der Waals surface area contributed by atoms with Crippen molar-refractivity contribution >= 4 is 17.7 Å². The Kier molecular flexibility index (Phi) is 8.21. The summed E-state index contributed by atoms with van der Waals surface area (Å²) in [5.41, 5.74) is 5.19. The molecule has 0 radical (unpaired) electrons. The van der Waals surface area contributed by atoms with E-state index in [0.717, 1.165) is 6.07 Å². The third-order valence-electron chi connectivity index (χ3n) is 2.85. The number of nitrogens with two attached hydrogens (primary N) is 1. The monoisotopic (exact) mass is 355 g/mol. The number of aromatic hydroxyl groups is 1. The molecule has 0 spiro atoms. The van der Waals surface area contributed by atoms with Gasteiger partial charge < -0.3 is 29.8 Å². The molecular formula is C16H21NO8. The van der Waals surface area contributed by atoms with Gasteiger partial charge in [0.1, 0.15) is 5.75 Å². The molecule has 0 aliphatic carbocycles. The van der Waals surface area contributed by atoms with Gasteiger partial charge in [0.2, 0.25) is 0 Å². The zero-order chi connectivity index (χ0) is 18.8. The molecule has 0 atom stereocenters. The fourth-order valence-corrected chi connectivity index (χ4v) is 1.79. The van der Waals surface area contributed by atoms with Crippen molar-refractivity contribution in [2.24, 2.45) is 5.73 Å². The van der Waals surface area contributed by atoms with Crippen molar-refractivity contribution in [1.29, 1.82) is 0 Å². The molecule has 0 unspecified atom stereocenters. The third-order valence-corrected chi connectivity index (χ3v) is 2.85. The summed E-state index contributed by atoms with van der Waals surface area (Å²) in [6, 6.07) is 2.28. The minimum Gasteiger partial charge on any atom is -0.507 e. The highest BCUT2D eigenvalue weighted by atomic mass is 16.6. The molecule has 3 N–H and O–H groups in total. The van der Waals surface area contributed by atoms with E-state index < -0.39 is 36.7 Å². The van der Waals surface area contributed by atoms with E-state index in [1.807, 2.05) is 0 Å². The van der Waals surface area contributed by atoms with Crippen molar-refractivity contribution in [3.63, 3.8) is 0 Å². The van der Waals surface area contributed by atoms with E-state index in [0.29, 0.717) is 0 Å². The van der Waals surface area contributed by atoms with Crippen molar-refractivity contribution in [3.8, 4) is 17.2 Å². The lowest BCUT2D eigenvalue weighted by atomic mass is 10.1. The van der Waals surface area contributed by atoms with Crippen LogP contribution in [0.5, 0.6) is 17.2 Å². The highest BCUT2D eigenvalue weighted by Crippen LogP contribution is 2.34. The van der Waals surface area contributed by atoms with Gasteiger partial charge in [-0.25, -0.2) is 9.59 Å². The molecule has 0 heterocycles. The highest BCUT2D eigenvalue weighted by Gasteiger charge is 2.18. The second-order valence-electron chi connectivity index (χ2n) is 4.63. The summed E-state index contributed by atoms with van der Waals surface area (Å²) in [6.45, 7) is 2.45. The Morgan fingerprint density at radius 2 is 1.44 bits per heavy atom. The summed E-state index contributed by atoms with van der Waals surface area (Å²) >= 11 is 0. The van der Waals surface area contributed by atoms with Gasteiger partial charge in [0.25, 0.3) is 0 Å². The summed E-state index contributed by atoms with van der Waals surface area (Å²) in [6.07, 6.45) is 0. The molecule has 0 fully saturated rings. The van der Waals surface area contributed by atoms with E-state index >= 15 is 0 Å². The van der Waals surface area contributed by atoms with E-state index in [1.165, 1.54) is 6.07 Å². The lowest BCUT2D eigenvalue weighted by Gasteiger charge is -2.14. The number of phenols is 1. The van der Waals surface area contributed by atoms with Crippen LogP contribution in [0.1, 0.15) is 24.2 Å². The molecule has 0 aliphatic heterocycles. The largest absolute Gasteiger partial charge is 0.507 e. The van der Waals surface area contributed by atoms with Crippen LogP contribution in [0.2, 0.25) is 0 Å². The van der Waals surface area contributed by atoms with Crippen LogP contribution in [0.4, 0.5) is 0 Å². The predicted molar refractivity (Wildman–Crippen MR) is 85.7 cm³/mol. The smallest absolute Gasteiger partial charge is 0.344 e. The van der Waals surface area contributed by atoms with Crippen LogP contribution >= 0.6 is 0 Å². The van der Waals surface area contributed by atoms with Crippen LogP contribution in [-0.2, 0) is 19.1 Å². The van der Waals surface area contributed by atoms with Crippen molar-refractivity contribution < 1.29 is 38.4 Å². The predicted octanol–water partition coefficient (Wildman–Crippen LogP) is 0.417. The lowest BCUT2D eigenvalue weighted by molar-refractivity contribution is -0.146. The molecule has 0 saturated carbocycles. The first-order valence-corrected chi connectivity index (χ1v) is 7.59. The van der Waals surface area contributed by atoms with Crippen molar-refractivity contribution in [1.82, 2.24) is 0 Å². The Morgan fingerprint density at radius 1 is 0.960 bits per heavy atom. The number of Topliss-reactive ketones (excluding diaryl/α,β-unsaturated/α-hetero) is 1. The van der Waals surface area contributed by atoms with Gasteiger partial charge in [-0.05, 0) is 19.9 Å². The highest BCUT2D eigenvalue weighted by molar-refractivity contribution is 6.00. The Labute approximate surface area is 144 Å². The normalized spacial score (nSPS) is 10.0. The molecule has 0 aliphatic rings. The number of benzene rings is 1. The maximum Gasteiger partial charge on any atom is 0.344 e. The van der Waals surface area contributed by atoms with Crippen LogP contribution in [0.15, 0.2) is 12.1 Å². The van der Waals surface area contributed by atoms with Gasteiger partial charge in [0.05, 0.1) is 25.3 Å². The van der Waals surface area contributed by atoms with Gasteiger partial charge in [-0.1, -0.05) is 0 Å². The molecule has 1 aromatic rings. The third kappa shape index (κ3) is 6.30. The van der Waals surface area contributed by atoms with Crippen LogP contribution in [0.3, 0.4) is 0 Å². The van der Waals surface area contributed by atoms with E-state index in [4.69, 9.17) is 24.7 Å². The molecule has 1 aromatic carbocycles. The number of hydrogen-bond donors (Lipinski definition) is 2. The molecule has 0 bridgehead atoms. The molecule has 9 nitrogen and oxygen atoms in total. The van der Waals surface area contributed by atoms with Crippen molar-refractivity contribution in [2.45, 2.75) is 13.8 Å². The van der Waals surface area contributed by atoms with Gasteiger partial charge in [0, 0.05) is 6.07 Å². The molecule has 138 valence electrons. The van der Waals surface area contributed by atoms with Gasteiger partial charge in [-0.3, -0.25) is 4.79 Å². The quantitative estimate of drug-likeness (QED) is 0.452. The molecule has 9 heteroatoms. The van der Waals surface area contributed by atoms with Crippen LogP contribution < -0.4 is 15.2 Å². The first kappa shape index (κ1) is 20.2. The Balaban J connectivity index is 3.02. The lowest BCUT2D eigenvalue weighted by Crippen LogP contribution is -2.18.